The lowest BCUT2D eigenvalue weighted by Gasteiger charge is -2.07. The van der Waals surface area contributed by atoms with Crippen molar-refractivity contribution in [3.8, 4) is 0 Å². The van der Waals surface area contributed by atoms with Crippen LogP contribution in [0.25, 0.3) is 0 Å². The summed E-state index contributed by atoms with van der Waals surface area (Å²) in [5, 5.41) is 12.0. The molecule has 6 heteroatoms. The van der Waals surface area contributed by atoms with Gasteiger partial charge < -0.3 is 5.11 Å². The van der Waals surface area contributed by atoms with Crippen LogP contribution >= 0.6 is 39.0 Å². The molecule has 1 unspecified atom stereocenters. The van der Waals surface area contributed by atoms with Crippen molar-refractivity contribution in [2.75, 3.05) is 5.75 Å². The Hall–Kier alpha value is -0.0400. The highest BCUT2D eigenvalue weighted by Crippen LogP contribution is 2.37. The second kappa shape index (κ2) is 4.22. The molecule has 0 aliphatic carbocycles. The van der Waals surface area contributed by atoms with Crippen LogP contribution in [-0.4, -0.2) is 22.9 Å². The Morgan fingerprint density at radius 3 is 2.93 bits per heavy atom. The minimum Gasteiger partial charge on any atom is -0.480 e. The molecule has 1 aliphatic heterocycles. The van der Waals surface area contributed by atoms with Gasteiger partial charge in [0, 0.05) is 10.6 Å². The van der Waals surface area contributed by atoms with E-state index in [2.05, 4.69) is 21.2 Å². The van der Waals surface area contributed by atoms with Crippen LogP contribution in [0.2, 0.25) is 0 Å². The van der Waals surface area contributed by atoms with E-state index in [-0.39, 0.29) is 5.37 Å². The number of thiophene rings is 1. The first-order valence-electron chi connectivity index (χ1n) is 4.02. The molecule has 1 aliphatic rings. The summed E-state index contributed by atoms with van der Waals surface area (Å²) in [6.07, 6.45) is 0. The highest BCUT2D eigenvalue weighted by Gasteiger charge is 2.30. The second-order valence-electron chi connectivity index (χ2n) is 2.91. The van der Waals surface area contributed by atoms with Crippen LogP contribution in [0.1, 0.15) is 10.3 Å². The first-order chi connectivity index (χ1) is 6.66. The third kappa shape index (κ3) is 2.13. The molecule has 0 spiro atoms. The predicted octanol–water partition coefficient (Wildman–Crippen LogP) is 2.30. The average Bonchev–Trinajstić information content (AvgIpc) is 2.70. The number of halogens is 1. The Morgan fingerprint density at radius 2 is 2.43 bits per heavy atom. The van der Waals surface area contributed by atoms with Crippen LogP contribution < -0.4 is 5.32 Å². The monoisotopic (exact) mass is 293 g/mol. The van der Waals surface area contributed by atoms with E-state index in [1.807, 2.05) is 12.1 Å². The number of nitrogens with one attached hydrogen (secondary N) is 1. The number of hydrogen-bond acceptors (Lipinski definition) is 4. The molecular formula is C8H8BrNO2S2. The lowest BCUT2D eigenvalue weighted by atomic mass is 10.3. The SMILES string of the molecule is O=C(O)[C@@H]1CSC(c2ccc(Br)s2)N1. The number of carboxylic acid groups (broad SMARTS) is 1. The minimum atomic E-state index is -0.768. The zero-order chi connectivity index (χ0) is 10.1. The maximum absolute atomic E-state index is 10.7. The summed E-state index contributed by atoms with van der Waals surface area (Å²) in [5.41, 5.74) is 0. The van der Waals surface area contributed by atoms with Crippen LogP contribution in [0.3, 0.4) is 0 Å². The Kier molecular flexibility index (Phi) is 3.16. The lowest BCUT2D eigenvalue weighted by Crippen LogP contribution is -2.33. The maximum Gasteiger partial charge on any atom is 0.321 e. The van der Waals surface area contributed by atoms with Gasteiger partial charge in [0.2, 0.25) is 0 Å². The third-order valence-corrected chi connectivity index (χ3v) is 5.02. The smallest absolute Gasteiger partial charge is 0.321 e. The molecule has 2 rings (SSSR count). The minimum absolute atomic E-state index is 0.132. The predicted molar refractivity (Wildman–Crippen MR) is 61.8 cm³/mol. The van der Waals surface area contributed by atoms with E-state index in [0.29, 0.717) is 5.75 Å². The van der Waals surface area contributed by atoms with Crippen molar-refractivity contribution in [2.24, 2.45) is 0 Å². The molecule has 1 aromatic rings. The van der Waals surface area contributed by atoms with Crippen molar-refractivity contribution < 1.29 is 9.90 Å². The van der Waals surface area contributed by atoms with Crippen LogP contribution in [0.5, 0.6) is 0 Å². The largest absolute Gasteiger partial charge is 0.480 e. The molecular weight excluding hydrogens is 286 g/mol. The van der Waals surface area contributed by atoms with Crippen LogP contribution in [0.15, 0.2) is 15.9 Å². The summed E-state index contributed by atoms with van der Waals surface area (Å²) in [6.45, 7) is 0. The Morgan fingerprint density at radius 1 is 1.64 bits per heavy atom. The Balaban J connectivity index is 2.05. The van der Waals surface area contributed by atoms with Gasteiger partial charge in [0.25, 0.3) is 0 Å². The van der Waals surface area contributed by atoms with E-state index in [1.165, 1.54) is 4.88 Å². The quantitative estimate of drug-likeness (QED) is 0.878. The van der Waals surface area contributed by atoms with Crippen molar-refractivity contribution in [1.29, 1.82) is 0 Å². The number of thioether (sulfide) groups is 1. The van der Waals surface area contributed by atoms with Gasteiger partial charge in [0.15, 0.2) is 0 Å². The number of rotatable bonds is 2. The van der Waals surface area contributed by atoms with Gasteiger partial charge in [-0.3, -0.25) is 10.1 Å². The molecule has 2 N–H and O–H groups in total. The molecule has 3 nitrogen and oxygen atoms in total. The molecule has 76 valence electrons. The van der Waals surface area contributed by atoms with Crippen molar-refractivity contribution in [2.45, 2.75) is 11.4 Å². The molecule has 0 radical (unpaired) electrons. The molecule has 0 amide bonds. The average molecular weight is 294 g/mol. The van der Waals surface area contributed by atoms with E-state index in [4.69, 9.17) is 5.11 Å². The first-order valence-corrected chi connectivity index (χ1v) is 6.68. The number of hydrogen-bond donors (Lipinski definition) is 2. The van der Waals surface area contributed by atoms with Crippen molar-refractivity contribution in [3.05, 3.63) is 20.8 Å². The highest BCUT2D eigenvalue weighted by molar-refractivity contribution is 9.11. The molecule has 1 saturated heterocycles. The maximum atomic E-state index is 10.7. The van der Waals surface area contributed by atoms with Crippen molar-refractivity contribution >= 4 is 45.0 Å². The van der Waals surface area contributed by atoms with E-state index in [1.54, 1.807) is 23.1 Å². The molecule has 0 bridgehead atoms. The fraction of sp³-hybridized carbons (Fsp3) is 0.375. The summed E-state index contributed by atoms with van der Waals surface area (Å²) in [7, 11) is 0. The molecule has 0 saturated carbocycles. The van der Waals surface area contributed by atoms with Crippen molar-refractivity contribution in [1.82, 2.24) is 5.32 Å². The van der Waals surface area contributed by atoms with Gasteiger partial charge in [-0.1, -0.05) is 0 Å². The van der Waals surface area contributed by atoms with E-state index < -0.39 is 12.0 Å². The summed E-state index contributed by atoms with van der Waals surface area (Å²) >= 11 is 6.67. The lowest BCUT2D eigenvalue weighted by molar-refractivity contribution is -0.138. The zero-order valence-electron chi connectivity index (χ0n) is 7.07. The topological polar surface area (TPSA) is 49.3 Å². The zero-order valence-corrected chi connectivity index (χ0v) is 10.3. The van der Waals surface area contributed by atoms with Gasteiger partial charge in [-0.15, -0.1) is 23.1 Å². The van der Waals surface area contributed by atoms with Gasteiger partial charge in [-0.25, -0.2) is 0 Å². The standard InChI is InChI=1S/C8H8BrNO2S2/c9-6-2-1-5(14-6)7-10-4(3-13-7)8(11)12/h1-2,4,7,10H,3H2,(H,11,12)/t4-,7?/m0/s1. The molecule has 1 aromatic heterocycles. The number of carbonyl (C=O) groups is 1. The van der Waals surface area contributed by atoms with Gasteiger partial charge >= 0.3 is 5.97 Å². The third-order valence-electron chi connectivity index (χ3n) is 1.93. The number of aliphatic carboxylic acids is 1. The fourth-order valence-corrected chi connectivity index (χ4v) is 4.09. The number of carboxylic acids is 1. The van der Waals surface area contributed by atoms with E-state index in [9.17, 15) is 4.79 Å². The Bertz CT molecular complexity index is 355. The van der Waals surface area contributed by atoms with Crippen LogP contribution in [-0.2, 0) is 4.79 Å². The second-order valence-corrected chi connectivity index (χ2v) is 6.55. The summed E-state index contributed by atoms with van der Waals surface area (Å²) < 4.78 is 1.08. The highest BCUT2D eigenvalue weighted by atomic mass is 79.9. The molecule has 2 heterocycles. The Labute approximate surface area is 98.0 Å². The molecule has 0 aromatic carbocycles. The van der Waals surface area contributed by atoms with E-state index >= 15 is 0 Å². The first kappa shape index (κ1) is 10.5. The van der Waals surface area contributed by atoms with Crippen molar-refractivity contribution in [3.63, 3.8) is 0 Å². The molecule has 14 heavy (non-hydrogen) atoms. The summed E-state index contributed by atoms with van der Waals surface area (Å²) in [6, 6.07) is 3.59. The normalized spacial score (nSPS) is 26.6. The van der Waals surface area contributed by atoms with E-state index in [0.717, 1.165) is 3.79 Å². The summed E-state index contributed by atoms with van der Waals surface area (Å²) in [4.78, 5) is 11.9. The fourth-order valence-electron chi connectivity index (χ4n) is 1.25. The van der Waals surface area contributed by atoms with Crippen LogP contribution in [0, 0.1) is 0 Å². The van der Waals surface area contributed by atoms with Gasteiger partial charge in [0.1, 0.15) is 6.04 Å². The molecule has 2 atom stereocenters. The molecule has 1 fully saturated rings. The van der Waals surface area contributed by atoms with Crippen LogP contribution in [0.4, 0.5) is 0 Å². The van der Waals surface area contributed by atoms with Gasteiger partial charge in [0.05, 0.1) is 9.16 Å². The summed E-state index contributed by atoms with van der Waals surface area (Å²) in [5.74, 6) is -0.133. The van der Waals surface area contributed by atoms with Gasteiger partial charge in [-0.05, 0) is 28.1 Å². The van der Waals surface area contributed by atoms with Gasteiger partial charge in [-0.2, -0.15) is 0 Å².